The maximum absolute atomic E-state index is 13.6. The van der Waals surface area contributed by atoms with Crippen LogP contribution in [0.3, 0.4) is 0 Å². The maximum atomic E-state index is 13.6. The minimum atomic E-state index is -0.461. The van der Waals surface area contributed by atoms with Crippen molar-refractivity contribution in [3.8, 4) is 0 Å². The molecule has 0 aliphatic carbocycles. The van der Waals surface area contributed by atoms with Crippen LogP contribution in [0.5, 0.6) is 0 Å². The van der Waals surface area contributed by atoms with Gasteiger partial charge in [0.1, 0.15) is 5.82 Å². The third kappa shape index (κ3) is 3.00. The highest BCUT2D eigenvalue weighted by atomic mass is 32.1. The molecule has 0 saturated carbocycles. The zero-order valence-electron chi connectivity index (χ0n) is 9.66. The van der Waals surface area contributed by atoms with Crippen molar-refractivity contribution in [2.24, 2.45) is 0 Å². The lowest BCUT2D eigenvalue weighted by molar-refractivity contribution is 0.0756. The Bertz CT molecular complexity index is 414. The number of rotatable bonds is 1. The predicted molar refractivity (Wildman–Crippen MR) is 68.0 cm³/mol. The number of carbonyl (C=O) groups excluding carboxylic acids is 1. The van der Waals surface area contributed by atoms with E-state index in [2.05, 4.69) is 12.6 Å². The second kappa shape index (κ2) is 5.54. The summed E-state index contributed by atoms with van der Waals surface area (Å²) < 4.78 is 13.6. The van der Waals surface area contributed by atoms with Gasteiger partial charge < -0.3 is 4.90 Å². The number of hydrogen-bond donors (Lipinski definition) is 1. The van der Waals surface area contributed by atoms with Crippen LogP contribution in [0.1, 0.15) is 36.0 Å². The molecule has 1 aliphatic rings. The molecular weight excluding hydrogens is 237 g/mol. The van der Waals surface area contributed by atoms with Crippen molar-refractivity contribution in [2.75, 3.05) is 13.1 Å². The number of nitrogens with zero attached hydrogens (tertiary/aromatic N) is 1. The van der Waals surface area contributed by atoms with Gasteiger partial charge in [-0.15, -0.1) is 12.6 Å². The van der Waals surface area contributed by atoms with Crippen LogP contribution < -0.4 is 0 Å². The van der Waals surface area contributed by atoms with Crippen LogP contribution in [-0.2, 0) is 0 Å². The zero-order valence-corrected chi connectivity index (χ0v) is 10.5. The van der Waals surface area contributed by atoms with Gasteiger partial charge in [0.05, 0.1) is 5.56 Å². The Kier molecular flexibility index (Phi) is 4.05. The van der Waals surface area contributed by atoms with E-state index in [9.17, 15) is 9.18 Å². The largest absolute Gasteiger partial charge is 0.339 e. The first-order valence-electron chi connectivity index (χ1n) is 5.96. The number of amides is 1. The third-order valence-corrected chi connectivity index (χ3v) is 3.35. The molecule has 1 amide bonds. The summed E-state index contributed by atoms with van der Waals surface area (Å²) in [7, 11) is 0. The van der Waals surface area contributed by atoms with Gasteiger partial charge in [0.2, 0.25) is 0 Å². The molecule has 0 radical (unpaired) electrons. The van der Waals surface area contributed by atoms with Gasteiger partial charge in [-0.3, -0.25) is 4.79 Å². The lowest BCUT2D eigenvalue weighted by Crippen LogP contribution is -2.32. The lowest BCUT2D eigenvalue weighted by Gasteiger charge is -2.20. The quantitative estimate of drug-likeness (QED) is 0.762. The standard InChI is InChI=1S/C13H16FNOS/c14-12-6-5-10(17)9-11(12)13(16)15-7-3-1-2-4-8-15/h5-6,9,17H,1-4,7-8H2. The highest BCUT2D eigenvalue weighted by molar-refractivity contribution is 7.80. The molecule has 2 rings (SSSR count). The topological polar surface area (TPSA) is 20.3 Å². The van der Waals surface area contributed by atoms with Gasteiger partial charge in [-0.2, -0.15) is 0 Å². The first-order valence-corrected chi connectivity index (χ1v) is 6.41. The van der Waals surface area contributed by atoms with Crippen LogP contribution in [0.15, 0.2) is 23.1 Å². The average Bonchev–Trinajstić information content (AvgIpc) is 2.60. The number of thiol groups is 1. The van der Waals surface area contributed by atoms with Crippen molar-refractivity contribution in [3.63, 3.8) is 0 Å². The van der Waals surface area contributed by atoms with Crippen molar-refractivity contribution < 1.29 is 9.18 Å². The SMILES string of the molecule is O=C(c1cc(S)ccc1F)N1CCCCCC1. The van der Waals surface area contributed by atoms with E-state index >= 15 is 0 Å². The van der Waals surface area contributed by atoms with Crippen LogP contribution in [0.25, 0.3) is 0 Å². The van der Waals surface area contributed by atoms with E-state index in [0.717, 1.165) is 38.8 Å². The van der Waals surface area contributed by atoms with E-state index in [0.29, 0.717) is 4.90 Å². The van der Waals surface area contributed by atoms with Crippen LogP contribution in [-0.4, -0.2) is 23.9 Å². The Morgan fingerprint density at radius 3 is 2.47 bits per heavy atom. The molecule has 4 heteroatoms. The molecule has 0 spiro atoms. The van der Waals surface area contributed by atoms with Gasteiger partial charge >= 0.3 is 0 Å². The highest BCUT2D eigenvalue weighted by Gasteiger charge is 2.20. The van der Waals surface area contributed by atoms with E-state index in [4.69, 9.17) is 0 Å². The van der Waals surface area contributed by atoms with E-state index in [-0.39, 0.29) is 11.5 Å². The number of halogens is 1. The van der Waals surface area contributed by atoms with Crippen molar-refractivity contribution in [1.82, 2.24) is 4.90 Å². The minimum Gasteiger partial charge on any atom is -0.339 e. The number of benzene rings is 1. The number of carbonyl (C=O) groups is 1. The fourth-order valence-corrected chi connectivity index (χ4v) is 2.32. The van der Waals surface area contributed by atoms with Gasteiger partial charge in [0, 0.05) is 18.0 Å². The molecule has 17 heavy (non-hydrogen) atoms. The second-order valence-corrected chi connectivity index (χ2v) is 4.89. The van der Waals surface area contributed by atoms with Crippen molar-refractivity contribution >= 4 is 18.5 Å². The van der Waals surface area contributed by atoms with Crippen LogP contribution in [0.4, 0.5) is 4.39 Å². The summed E-state index contributed by atoms with van der Waals surface area (Å²) in [6.07, 6.45) is 4.32. The molecule has 0 atom stereocenters. The summed E-state index contributed by atoms with van der Waals surface area (Å²) in [5.74, 6) is -0.669. The molecule has 0 aromatic heterocycles. The van der Waals surface area contributed by atoms with Gasteiger partial charge in [0.15, 0.2) is 0 Å². The third-order valence-electron chi connectivity index (χ3n) is 3.07. The molecular formula is C13H16FNOS. The monoisotopic (exact) mass is 253 g/mol. The minimum absolute atomic E-state index is 0.138. The molecule has 0 bridgehead atoms. The van der Waals surface area contributed by atoms with Gasteiger partial charge in [0.25, 0.3) is 5.91 Å². The molecule has 1 fully saturated rings. The Hall–Kier alpha value is -1.03. The Morgan fingerprint density at radius 2 is 1.82 bits per heavy atom. The molecule has 2 nitrogen and oxygen atoms in total. The summed E-state index contributed by atoms with van der Waals surface area (Å²) in [6, 6.07) is 4.36. The summed E-state index contributed by atoms with van der Waals surface area (Å²) >= 11 is 4.14. The Balaban J connectivity index is 2.20. The molecule has 1 aliphatic heterocycles. The maximum Gasteiger partial charge on any atom is 0.256 e. The molecule has 1 aromatic carbocycles. The summed E-state index contributed by atoms with van der Waals surface area (Å²) in [6.45, 7) is 1.46. The smallest absolute Gasteiger partial charge is 0.256 e. The summed E-state index contributed by atoms with van der Waals surface area (Å²) in [5.41, 5.74) is 0.138. The molecule has 1 heterocycles. The van der Waals surface area contributed by atoms with Crippen LogP contribution in [0, 0.1) is 5.82 Å². The molecule has 0 N–H and O–H groups in total. The van der Waals surface area contributed by atoms with E-state index < -0.39 is 5.82 Å². The average molecular weight is 253 g/mol. The number of hydrogen-bond acceptors (Lipinski definition) is 2. The Morgan fingerprint density at radius 1 is 1.18 bits per heavy atom. The van der Waals surface area contributed by atoms with Crippen LogP contribution >= 0.6 is 12.6 Å². The fraction of sp³-hybridized carbons (Fsp3) is 0.462. The first-order chi connectivity index (χ1) is 8.18. The van der Waals surface area contributed by atoms with E-state index in [1.54, 1.807) is 11.0 Å². The van der Waals surface area contributed by atoms with Gasteiger partial charge in [-0.1, -0.05) is 12.8 Å². The predicted octanol–water partition coefficient (Wildman–Crippen LogP) is 3.13. The Labute approximate surface area is 106 Å². The normalized spacial score (nSPS) is 16.7. The van der Waals surface area contributed by atoms with Gasteiger partial charge in [-0.05, 0) is 31.0 Å². The fourth-order valence-electron chi connectivity index (χ4n) is 2.12. The summed E-state index contributed by atoms with van der Waals surface area (Å²) in [4.78, 5) is 14.5. The molecule has 0 unspecified atom stereocenters. The van der Waals surface area contributed by atoms with Gasteiger partial charge in [-0.25, -0.2) is 4.39 Å². The van der Waals surface area contributed by atoms with Crippen molar-refractivity contribution in [1.29, 1.82) is 0 Å². The number of likely N-dealkylation sites (tertiary alicyclic amines) is 1. The zero-order chi connectivity index (χ0) is 12.3. The van der Waals surface area contributed by atoms with Crippen LogP contribution in [0.2, 0.25) is 0 Å². The summed E-state index contributed by atoms with van der Waals surface area (Å²) in [5, 5.41) is 0. The van der Waals surface area contributed by atoms with E-state index in [1.807, 2.05) is 0 Å². The molecule has 92 valence electrons. The molecule has 1 aromatic rings. The second-order valence-electron chi connectivity index (χ2n) is 4.37. The highest BCUT2D eigenvalue weighted by Crippen LogP contribution is 2.18. The lowest BCUT2D eigenvalue weighted by atomic mass is 10.2. The molecule has 1 saturated heterocycles. The van der Waals surface area contributed by atoms with Crippen molar-refractivity contribution in [2.45, 2.75) is 30.6 Å². The first kappa shape index (κ1) is 12.4. The van der Waals surface area contributed by atoms with E-state index in [1.165, 1.54) is 12.1 Å². The van der Waals surface area contributed by atoms with Crippen molar-refractivity contribution in [3.05, 3.63) is 29.6 Å².